The molecule has 0 aliphatic carbocycles. The van der Waals surface area contributed by atoms with Crippen molar-refractivity contribution in [2.24, 2.45) is 0 Å². The smallest absolute Gasteiger partial charge is 0.335 e. The van der Waals surface area contributed by atoms with Crippen LogP contribution < -0.4 is 9.47 Å². The van der Waals surface area contributed by atoms with Crippen LogP contribution in [0.5, 0.6) is 11.5 Å². The molecule has 0 radical (unpaired) electrons. The lowest BCUT2D eigenvalue weighted by Crippen LogP contribution is -2.11. The minimum Gasteiger partial charge on any atom is -0.457 e. The van der Waals surface area contributed by atoms with E-state index < -0.39 is 11.9 Å². The van der Waals surface area contributed by atoms with Crippen molar-refractivity contribution in [1.82, 2.24) is 0 Å². The Morgan fingerprint density at radius 1 is 0.774 bits per heavy atom. The van der Waals surface area contributed by atoms with E-state index in [0.717, 1.165) is 20.9 Å². The zero-order chi connectivity index (χ0) is 23.0. The Balaban J connectivity index is 1.93. The third kappa shape index (κ3) is 7.53. The van der Waals surface area contributed by atoms with Gasteiger partial charge in [-0.15, -0.1) is 0 Å². The quantitative estimate of drug-likeness (QED) is 0.278. The van der Waals surface area contributed by atoms with Crippen LogP contribution in [0.3, 0.4) is 0 Å². The number of carbonyl (C=O) groups excluding carboxylic acids is 2. The molecule has 0 heterocycles. The number of hydrogen-bond acceptors (Lipinski definition) is 7. The fourth-order valence-electron chi connectivity index (χ4n) is 2.37. The van der Waals surface area contributed by atoms with Gasteiger partial charge in [-0.1, -0.05) is 24.9 Å². The first-order chi connectivity index (χ1) is 14.7. The molecule has 0 aromatic heterocycles. The molecule has 0 saturated carbocycles. The summed E-state index contributed by atoms with van der Waals surface area (Å²) in [6, 6.07) is 11.5. The molecule has 0 atom stereocenters. The van der Waals surface area contributed by atoms with Crippen molar-refractivity contribution in [1.29, 1.82) is 0 Å². The minimum absolute atomic E-state index is 0.165. The predicted molar refractivity (Wildman–Crippen MR) is 119 cm³/mol. The molecule has 164 valence electrons. The van der Waals surface area contributed by atoms with E-state index in [2.05, 4.69) is 13.2 Å². The highest BCUT2D eigenvalue weighted by molar-refractivity contribution is 7.99. The topological polar surface area (TPSA) is 71.1 Å². The molecule has 31 heavy (non-hydrogen) atoms. The largest absolute Gasteiger partial charge is 0.457 e. The second-order valence-electron chi connectivity index (χ2n) is 6.91. The van der Waals surface area contributed by atoms with Crippen LogP contribution in [0.25, 0.3) is 0 Å². The molecular formula is C24H26O6S. The molecule has 0 aliphatic rings. The van der Waals surface area contributed by atoms with Crippen molar-refractivity contribution in [2.45, 2.75) is 37.5 Å². The van der Waals surface area contributed by atoms with Crippen molar-refractivity contribution in [3.63, 3.8) is 0 Å². The van der Waals surface area contributed by atoms with E-state index in [1.807, 2.05) is 50.2 Å². The maximum Gasteiger partial charge on any atom is 0.335 e. The first-order valence-corrected chi connectivity index (χ1v) is 10.3. The molecule has 0 N–H and O–H groups in total. The Morgan fingerprint density at radius 3 is 1.48 bits per heavy atom. The number of ether oxygens (including phenoxy) is 4. The molecule has 0 bridgehead atoms. The Morgan fingerprint density at radius 2 is 1.16 bits per heavy atom. The predicted octanol–water partition coefficient (Wildman–Crippen LogP) is 5.37. The van der Waals surface area contributed by atoms with Gasteiger partial charge in [-0.05, 0) is 75.2 Å². The number of hydrogen-bond donors (Lipinski definition) is 0. The van der Waals surface area contributed by atoms with Crippen LogP contribution >= 0.6 is 11.8 Å². The molecular weight excluding hydrogens is 416 g/mol. The van der Waals surface area contributed by atoms with E-state index in [1.165, 1.54) is 0 Å². The van der Waals surface area contributed by atoms with E-state index >= 15 is 0 Å². The Labute approximate surface area is 186 Å². The van der Waals surface area contributed by atoms with Crippen LogP contribution in [0.1, 0.15) is 25.0 Å². The summed E-state index contributed by atoms with van der Waals surface area (Å²) in [5, 5.41) is 0. The summed E-state index contributed by atoms with van der Waals surface area (Å²) < 4.78 is 20.9. The van der Waals surface area contributed by atoms with Gasteiger partial charge in [-0.25, -0.2) is 9.59 Å². The van der Waals surface area contributed by atoms with Crippen LogP contribution in [0, 0.1) is 13.8 Å². The molecule has 6 nitrogen and oxygen atoms in total. The van der Waals surface area contributed by atoms with Gasteiger partial charge >= 0.3 is 11.9 Å². The van der Waals surface area contributed by atoms with E-state index in [9.17, 15) is 9.59 Å². The van der Waals surface area contributed by atoms with E-state index in [4.69, 9.17) is 18.9 Å². The third-order valence-corrected chi connectivity index (χ3v) is 5.01. The monoisotopic (exact) mass is 442 g/mol. The maximum atomic E-state index is 11.4. The molecule has 0 saturated heterocycles. The number of aryl methyl sites for hydroxylation is 2. The summed E-state index contributed by atoms with van der Waals surface area (Å²) in [5.74, 6) is 0.314. The molecule has 2 aromatic rings. The zero-order valence-electron chi connectivity index (χ0n) is 18.2. The third-order valence-electron chi connectivity index (χ3n) is 4.03. The molecule has 0 amide bonds. The van der Waals surface area contributed by atoms with Crippen LogP contribution in [0.15, 0.2) is 70.5 Å². The molecule has 7 heteroatoms. The maximum absolute atomic E-state index is 11.4. The molecule has 0 aliphatic heterocycles. The van der Waals surface area contributed by atoms with Crippen molar-refractivity contribution >= 4 is 23.7 Å². The van der Waals surface area contributed by atoms with Crippen molar-refractivity contribution in [3.8, 4) is 11.5 Å². The fourth-order valence-corrected chi connectivity index (χ4v) is 3.39. The van der Waals surface area contributed by atoms with Crippen molar-refractivity contribution in [3.05, 3.63) is 71.8 Å². The fraction of sp³-hybridized carbons (Fsp3) is 0.250. The zero-order valence-corrected chi connectivity index (χ0v) is 19.0. The van der Waals surface area contributed by atoms with Gasteiger partial charge in [0.1, 0.15) is 11.5 Å². The SMILES string of the molecule is C=C(C)C(=O)OCOc1ccc(Sc2ccc(OCOC(=O)C(=C)C)c(C)c2)cc1C. The molecule has 2 rings (SSSR count). The molecule has 2 aromatic carbocycles. The summed E-state index contributed by atoms with van der Waals surface area (Å²) in [4.78, 5) is 24.9. The molecule has 0 fully saturated rings. The van der Waals surface area contributed by atoms with E-state index in [0.29, 0.717) is 22.6 Å². The van der Waals surface area contributed by atoms with Gasteiger partial charge in [0, 0.05) is 20.9 Å². The number of rotatable bonds is 10. The van der Waals surface area contributed by atoms with Crippen LogP contribution in [0.2, 0.25) is 0 Å². The van der Waals surface area contributed by atoms with Gasteiger partial charge < -0.3 is 18.9 Å². The summed E-state index contributed by atoms with van der Waals surface area (Å²) in [6.45, 7) is 13.7. The van der Waals surface area contributed by atoms with Crippen LogP contribution in [-0.4, -0.2) is 25.5 Å². The summed E-state index contributed by atoms with van der Waals surface area (Å²) in [5.41, 5.74) is 2.50. The molecule has 0 unspecified atom stereocenters. The van der Waals surface area contributed by atoms with Gasteiger partial charge in [0.15, 0.2) is 0 Å². The lowest BCUT2D eigenvalue weighted by Gasteiger charge is -2.12. The standard InChI is InChI=1S/C24H26O6S/c1-15(2)23(25)29-13-27-21-9-7-19(11-17(21)5)31-20-8-10-22(18(6)12-20)28-14-30-24(26)16(3)4/h7-12H,1,3,13-14H2,2,4-6H3. The Hall–Kier alpha value is -3.19. The second-order valence-corrected chi connectivity index (χ2v) is 8.05. The van der Waals surface area contributed by atoms with Gasteiger partial charge in [0.05, 0.1) is 0 Å². The Kier molecular flexibility index (Phi) is 8.75. The summed E-state index contributed by atoms with van der Waals surface area (Å²) >= 11 is 1.59. The second kappa shape index (κ2) is 11.3. The van der Waals surface area contributed by atoms with Gasteiger partial charge in [-0.3, -0.25) is 0 Å². The van der Waals surface area contributed by atoms with E-state index in [1.54, 1.807) is 25.6 Å². The molecule has 0 spiro atoms. The normalized spacial score (nSPS) is 10.2. The summed E-state index contributed by atoms with van der Waals surface area (Å²) in [7, 11) is 0. The van der Waals surface area contributed by atoms with Gasteiger partial charge in [-0.2, -0.15) is 0 Å². The lowest BCUT2D eigenvalue weighted by molar-refractivity contribution is -0.146. The highest BCUT2D eigenvalue weighted by Crippen LogP contribution is 2.33. The van der Waals surface area contributed by atoms with Gasteiger partial charge in [0.25, 0.3) is 0 Å². The first kappa shape index (κ1) is 24.1. The van der Waals surface area contributed by atoms with Gasteiger partial charge in [0.2, 0.25) is 13.6 Å². The van der Waals surface area contributed by atoms with Crippen molar-refractivity contribution < 1.29 is 28.5 Å². The first-order valence-electron chi connectivity index (χ1n) is 9.47. The Bertz CT molecular complexity index is 916. The minimum atomic E-state index is -0.485. The van der Waals surface area contributed by atoms with Crippen molar-refractivity contribution in [2.75, 3.05) is 13.6 Å². The highest BCUT2D eigenvalue weighted by atomic mass is 32.2. The van der Waals surface area contributed by atoms with Crippen LogP contribution in [-0.2, 0) is 19.1 Å². The number of benzene rings is 2. The average molecular weight is 443 g/mol. The van der Waals surface area contributed by atoms with Crippen LogP contribution in [0.4, 0.5) is 0 Å². The lowest BCUT2D eigenvalue weighted by atomic mass is 10.2. The van der Waals surface area contributed by atoms with E-state index in [-0.39, 0.29) is 13.6 Å². The average Bonchev–Trinajstić information content (AvgIpc) is 2.70. The summed E-state index contributed by atoms with van der Waals surface area (Å²) in [6.07, 6.45) is 0. The highest BCUT2D eigenvalue weighted by Gasteiger charge is 2.08. The number of esters is 2. The number of carbonyl (C=O) groups is 2.